The molecule has 3 fully saturated rings. The van der Waals surface area contributed by atoms with Gasteiger partial charge in [0.1, 0.15) is 5.78 Å². The minimum atomic E-state index is -0.107. The van der Waals surface area contributed by atoms with Gasteiger partial charge in [-0.25, -0.2) is 0 Å². The first-order chi connectivity index (χ1) is 12.8. The Morgan fingerprint density at radius 3 is 2.59 bits per heavy atom. The van der Waals surface area contributed by atoms with Crippen LogP contribution >= 0.6 is 0 Å². The van der Waals surface area contributed by atoms with E-state index in [4.69, 9.17) is 4.74 Å². The Morgan fingerprint density at radius 1 is 1.11 bits per heavy atom. The zero-order valence-corrected chi connectivity index (χ0v) is 17.6. The van der Waals surface area contributed by atoms with Crippen LogP contribution in [0.5, 0.6) is 0 Å². The molecule has 4 aliphatic rings. The van der Waals surface area contributed by atoms with E-state index >= 15 is 0 Å². The van der Waals surface area contributed by atoms with Crippen LogP contribution < -0.4 is 0 Å². The lowest BCUT2D eigenvalue weighted by molar-refractivity contribution is -0.136. The molecule has 0 saturated heterocycles. The topological polar surface area (TPSA) is 43.4 Å². The van der Waals surface area contributed by atoms with Gasteiger partial charge < -0.3 is 4.74 Å². The van der Waals surface area contributed by atoms with Gasteiger partial charge in [0.05, 0.1) is 6.10 Å². The largest absolute Gasteiger partial charge is 0.374 e. The first kappa shape index (κ1) is 19.4. The molecule has 4 rings (SSSR count). The maximum atomic E-state index is 12.7. The number of Topliss-reactive ketones (excluding diaryl/α,β-unsaturated/α-hetero) is 1. The molecule has 7 atom stereocenters. The van der Waals surface area contributed by atoms with Crippen molar-refractivity contribution in [2.24, 2.45) is 34.5 Å². The van der Waals surface area contributed by atoms with Gasteiger partial charge in [0.25, 0.3) is 0 Å². The SMILES string of the molecule is CCC(C)CO[C@@H]1C[C@@H]2[C@H](CC[C@]3(C)C(=O)CC[C@@H]23)[C@@]2(C)CCC(=O)C=C12. The third-order valence-corrected chi connectivity index (χ3v) is 8.94. The predicted molar refractivity (Wildman–Crippen MR) is 106 cm³/mol. The third-order valence-electron chi connectivity index (χ3n) is 8.94. The van der Waals surface area contributed by atoms with Gasteiger partial charge in [-0.15, -0.1) is 0 Å². The van der Waals surface area contributed by atoms with Crippen LogP contribution in [0.15, 0.2) is 11.6 Å². The van der Waals surface area contributed by atoms with Gasteiger partial charge in [-0.3, -0.25) is 9.59 Å². The lowest BCUT2D eigenvalue weighted by Crippen LogP contribution is -2.54. The van der Waals surface area contributed by atoms with Crippen LogP contribution in [0, 0.1) is 34.5 Å². The van der Waals surface area contributed by atoms with E-state index in [1.165, 1.54) is 5.57 Å². The van der Waals surface area contributed by atoms with Gasteiger partial charge >= 0.3 is 0 Å². The molecule has 0 aliphatic heterocycles. The summed E-state index contributed by atoms with van der Waals surface area (Å²) in [5, 5.41) is 0. The maximum absolute atomic E-state index is 12.7. The van der Waals surface area contributed by atoms with Gasteiger partial charge in [-0.2, -0.15) is 0 Å². The average Bonchev–Trinajstić information content (AvgIpc) is 2.95. The second-order valence-corrected chi connectivity index (χ2v) is 10.3. The predicted octanol–water partition coefficient (Wildman–Crippen LogP) is 5.13. The van der Waals surface area contributed by atoms with Gasteiger partial charge in [0.2, 0.25) is 0 Å². The summed E-state index contributed by atoms with van der Waals surface area (Å²) < 4.78 is 6.47. The molecule has 3 heteroatoms. The van der Waals surface area contributed by atoms with Gasteiger partial charge in [-0.05, 0) is 72.8 Å². The van der Waals surface area contributed by atoms with Crippen molar-refractivity contribution in [1.29, 1.82) is 0 Å². The summed E-state index contributed by atoms with van der Waals surface area (Å²) in [4.78, 5) is 24.9. The fourth-order valence-electron chi connectivity index (χ4n) is 6.91. The summed E-state index contributed by atoms with van der Waals surface area (Å²) in [6.45, 7) is 9.83. The molecule has 4 aliphatic carbocycles. The summed E-state index contributed by atoms with van der Waals surface area (Å²) in [5.41, 5.74) is 1.24. The van der Waals surface area contributed by atoms with Gasteiger partial charge in [0, 0.05) is 24.9 Å². The van der Waals surface area contributed by atoms with E-state index in [9.17, 15) is 9.59 Å². The Bertz CT molecular complexity index is 665. The molecule has 3 nitrogen and oxygen atoms in total. The van der Waals surface area contributed by atoms with Crippen molar-refractivity contribution in [2.45, 2.75) is 85.2 Å². The van der Waals surface area contributed by atoms with Crippen molar-refractivity contribution in [3.8, 4) is 0 Å². The summed E-state index contributed by atoms with van der Waals surface area (Å²) in [5.74, 6) is 2.98. The second kappa shape index (κ2) is 6.83. The van der Waals surface area contributed by atoms with Crippen molar-refractivity contribution in [1.82, 2.24) is 0 Å². The van der Waals surface area contributed by atoms with Crippen LogP contribution in [0.4, 0.5) is 0 Å². The number of fused-ring (bicyclic) bond motifs is 5. The summed E-state index contributed by atoms with van der Waals surface area (Å²) in [7, 11) is 0. The monoisotopic (exact) mass is 372 g/mol. The van der Waals surface area contributed by atoms with Crippen molar-refractivity contribution >= 4 is 11.6 Å². The smallest absolute Gasteiger partial charge is 0.155 e. The Balaban J connectivity index is 1.67. The summed E-state index contributed by atoms with van der Waals surface area (Å²) in [6, 6.07) is 0. The first-order valence-electron chi connectivity index (χ1n) is 11.2. The molecule has 0 radical (unpaired) electrons. The van der Waals surface area contributed by atoms with Crippen molar-refractivity contribution in [3.05, 3.63) is 11.6 Å². The van der Waals surface area contributed by atoms with E-state index in [1.807, 2.05) is 6.08 Å². The molecule has 0 spiro atoms. The first-order valence-corrected chi connectivity index (χ1v) is 11.2. The molecule has 0 aromatic heterocycles. The number of carbonyl (C=O) groups is 2. The Hall–Kier alpha value is -0.960. The van der Waals surface area contributed by atoms with Gasteiger partial charge in [-0.1, -0.05) is 34.1 Å². The quantitative estimate of drug-likeness (QED) is 0.687. The second-order valence-electron chi connectivity index (χ2n) is 10.3. The van der Waals surface area contributed by atoms with E-state index in [0.29, 0.717) is 35.9 Å². The molecule has 3 saturated carbocycles. The zero-order valence-electron chi connectivity index (χ0n) is 17.6. The van der Waals surface area contributed by atoms with E-state index in [-0.39, 0.29) is 22.7 Å². The normalized spacial score (nSPS) is 45.0. The minimum Gasteiger partial charge on any atom is -0.374 e. The summed E-state index contributed by atoms with van der Waals surface area (Å²) >= 11 is 0. The number of ether oxygens (including phenoxy) is 1. The van der Waals surface area contributed by atoms with Crippen LogP contribution in [0.3, 0.4) is 0 Å². The van der Waals surface area contributed by atoms with Crippen LogP contribution in [0.1, 0.15) is 79.1 Å². The molecule has 0 aromatic rings. The number of hydrogen-bond acceptors (Lipinski definition) is 3. The average molecular weight is 373 g/mol. The standard InChI is InChI=1S/C24H36O3/c1-5-15(2)14-27-21-13-17-18-6-7-22(26)24(18,4)11-9-19(17)23(3)10-8-16(25)12-20(21)23/h12,15,17-19,21H,5-11,13-14H2,1-4H3/t15?,17-,18-,19-,21+,23+,24-/m0/s1. The maximum Gasteiger partial charge on any atom is 0.155 e. The molecular weight excluding hydrogens is 336 g/mol. The third kappa shape index (κ3) is 2.96. The fourth-order valence-corrected chi connectivity index (χ4v) is 6.91. The number of ketones is 2. The van der Waals surface area contributed by atoms with Crippen molar-refractivity contribution in [3.63, 3.8) is 0 Å². The van der Waals surface area contributed by atoms with Crippen molar-refractivity contribution in [2.75, 3.05) is 6.61 Å². The molecule has 1 unspecified atom stereocenters. The zero-order chi connectivity index (χ0) is 19.4. The summed E-state index contributed by atoms with van der Waals surface area (Å²) in [6.07, 6.45) is 9.73. The Kier molecular flexibility index (Phi) is 4.90. The number of hydrogen-bond donors (Lipinski definition) is 0. The molecule has 0 bridgehead atoms. The minimum absolute atomic E-state index is 0.0625. The Morgan fingerprint density at radius 2 is 1.85 bits per heavy atom. The molecule has 27 heavy (non-hydrogen) atoms. The van der Waals surface area contributed by atoms with E-state index in [0.717, 1.165) is 51.6 Å². The van der Waals surface area contributed by atoms with Gasteiger partial charge in [0.15, 0.2) is 5.78 Å². The highest BCUT2D eigenvalue weighted by molar-refractivity contribution is 5.92. The molecule has 150 valence electrons. The highest BCUT2D eigenvalue weighted by Gasteiger charge is 2.60. The van der Waals surface area contributed by atoms with Crippen LogP contribution in [0.2, 0.25) is 0 Å². The lowest BCUT2D eigenvalue weighted by atomic mass is 9.47. The van der Waals surface area contributed by atoms with Crippen LogP contribution in [0.25, 0.3) is 0 Å². The molecule has 0 aromatic carbocycles. The molecule has 0 N–H and O–H groups in total. The van der Waals surface area contributed by atoms with E-state index in [1.54, 1.807) is 0 Å². The number of carbonyl (C=O) groups excluding carboxylic acids is 2. The lowest BCUT2D eigenvalue weighted by Gasteiger charge is -2.58. The highest BCUT2D eigenvalue weighted by atomic mass is 16.5. The fraction of sp³-hybridized carbons (Fsp3) is 0.833. The Labute approximate surface area is 164 Å². The van der Waals surface area contributed by atoms with Crippen molar-refractivity contribution < 1.29 is 14.3 Å². The van der Waals surface area contributed by atoms with Crippen LogP contribution in [-0.4, -0.2) is 24.3 Å². The number of rotatable bonds is 4. The molecule has 0 heterocycles. The molecular formula is C24H36O3. The molecule has 0 amide bonds. The van der Waals surface area contributed by atoms with E-state index in [2.05, 4.69) is 27.7 Å². The van der Waals surface area contributed by atoms with Crippen LogP contribution in [-0.2, 0) is 14.3 Å². The highest BCUT2D eigenvalue weighted by Crippen LogP contribution is 2.64. The van der Waals surface area contributed by atoms with E-state index < -0.39 is 0 Å².